The van der Waals surface area contributed by atoms with Gasteiger partial charge in [0.05, 0.1) is 17.9 Å². The summed E-state index contributed by atoms with van der Waals surface area (Å²) in [5.74, 6) is -6.83. The van der Waals surface area contributed by atoms with E-state index >= 15 is 0 Å². The Morgan fingerprint density at radius 2 is 1.09 bits per heavy atom. The van der Waals surface area contributed by atoms with Gasteiger partial charge in [0.15, 0.2) is 0 Å². The van der Waals surface area contributed by atoms with Gasteiger partial charge in [-0.1, -0.05) is 6.08 Å². The van der Waals surface area contributed by atoms with Crippen LogP contribution in [0, 0.1) is 41.2 Å². The fraction of sp³-hybridized carbons (Fsp3) is 0.733. The molecule has 0 atom stereocenters. The second-order valence-electron chi connectivity index (χ2n) is 12.2. The van der Waals surface area contributed by atoms with E-state index < -0.39 is 91.3 Å². The number of benzene rings is 1. The Kier molecular flexibility index (Phi) is 10.5. The highest BCUT2D eigenvalue weighted by molar-refractivity contribution is 5.32. The first-order valence-electron chi connectivity index (χ1n) is 14.8. The normalized spacial score (nSPS) is 29.3. The van der Waals surface area contributed by atoms with E-state index in [1.54, 1.807) is 0 Å². The van der Waals surface area contributed by atoms with Crippen molar-refractivity contribution in [1.29, 1.82) is 0 Å². The fourth-order valence-corrected chi connectivity index (χ4v) is 6.93. The Labute approximate surface area is 248 Å². The first-order chi connectivity index (χ1) is 20.4. The molecule has 0 bridgehead atoms. The third-order valence-corrected chi connectivity index (χ3v) is 9.34. The SMILES string of the molecule is C=CC1CCC(C2CCC(C(F)(F)Oc3cc(F)c(C(F)(F)OC4CCC(C(F)(F)OC(F)(F)F)CC4)c(F)c3)CC2)CC1. The lowest BCUT2D eigenvalue weighted by Crippen LogP contribution is -2.40. The van der Waals surface area contributed by atoms with Gasteiger partial charge in [-0.3, -0.25) is 0 Å². The molecule has 3 saturated carbocycles. The van der Waals surface area contributed by atoms with E-state index in [1.165, 1.54) is 0 Å². The molecule has 14 heteroatoms. The molecular weight excluding hydrogens is 617 g/mol. The lowest BCUT2D eigenvalue weighted by atomic mass is 9.69. The number of hydrogen-bond donors (Lipinski definition) is 0. The van der Waals surface area contributed by atoms with Crippen LogP contribution in [0.25, 0.3) is 0 Å². The predicted molar refractivity (Wildman–Crippen MR) is 136 cm³/mol. The van der Waals surface area contributed by atoms with E-state index in [1.807, 2.05) is 6.08 Å². The summed E-state index contributed by atoms with van der Waals surface area (Å²) in [7, 11) is 0. The van der Waals surface area contributed by atoms with Crippen LogP contribution in [0.4, 0.5) is 48.3 Å². The van der Waals surface area contributed by atoms with Gasteiger partial charge in [-0.15, -0.1) is 19.8 Å². The first kappa shape index (κ1) is 34.8. The van der Waals surface area contributed by atoms with Gasteiger partial charge in [-0.25, -0.2) is 13.5 Å². The van der Waals surface area contributed by atoms with Crippen molar-refractivity contribution in [3.8, 4) is 5.75 Å². The molecule has 0 N–H and O–H groups in total. The molecule has 250 valence electrons. The topological polar surface area (TPSA) is 27.7 Å². The molecule has 3 fully saturated rings. The third kappa shape index (κ3) is 8.58. The standard InChI is InChI=1S/C30H35F11O3/c1-2-17-3-5-18(6-4-17)19-7-9-20(10-8-19)27(33,34)43-23-15-24(31)26(25(32)16-23)29(37,38)42-22-13-11-21(12-14-22)28(35,36)44-30(39,40)41/h2,15-22H,1,3-14H2. The van der Waals surface area contributed by atoms with Crippen LogP contribution in [0.15, 0.2) is 24.8 Å². The molecule has 44 heavy (non-hydrogen) atoms. The number of allylic oxidation sites excluding steroid dienone is 1. The number of ether oxygens (including phenoxy) is 3. The summed E-state index contributed by atoms with van der Waals surface area (Å²) in [6.07, 6.45) is -15.4. The molecule has 3 aliphatic carbocycles. The maximum absolute atomic E-state index is 15.0. The quantitative estimate of drug-likeness (QED) is 0.186. The summed E-state index contributed by atoms with van der Waals surface area (Å²) in [5, 5.41) is 0. The van der Waals surface area contributed by atoms with Gasteiger partial charge in [0.2, 0.25) is 0 Å². The van der Waals surface area contributed by atoms with Crippen molar-refractivity contribution < 1.29 is 62.5 Å². The molecule has 0 radical (unpaired) electrons. The van der Waals surface area contributed by atoms with Crippen molar-refractivity contribution in [3.05, 3.63) is 42.0 Å². The molecule has 1 aromatic rings. The Morgan fingerprint density at radius 3 is 1.57 bits per heavy atom. The summed E-state index contributed by atoms with van der Waals surface area (Å²) in [5.41, 5.74) is -1.90. The predicted octanol–water partition coefficient (Wildman–Crippen LogP) is 10.5. The van der Waals surface area contributed by atoms with Crippen molar-refractivity contribution in [2.45, 2.75) is 108 Å². The average molecular weight is 653 g/mol. The highest BCUT2D eigenvalue weighted by atomic mass is 19.4. The smallest absolute Gasteiger partial charge is 0.432 e. The van der Waals surface area contributed by atoms with Crippen LogP contribution >= 0.6 is 0 Å². The van der Waals surface area contributed by atoms with Crippen LogP contribution < -0.4 is 4.74 Å². The number of halogens is 11. The van der Waals surface area contributed by atoms with Crippen LogP contribution in [0.5, 0.6) is 5.75 Å². The maximum Gasteiger partial charge on any atom is 0.527 e. The molecule has 0 saturated heterocycles. The molecule has 0 aliphatic heterocycles. The summed E-state index contributed by atoms with van der Waals surface area (Å²) < 4.78 is 165. The minimum atomic E-state index is -5.62. The Bertz CT molecular complexity index is 1090. The summed E-state index contributed by atoms with van der Waals surface area (Å²) in [4.78, 5) is 0. The van der Waals surface area contributed by atoms with Gasteiger partial charge in [-0.05, 0) is 94.8 Å². The van der Waals surface area contributed by atoms with E-state index in [-0.39, 0.29) is 25.0 Å². The second-order valence-corrected chi connectivity index (χ2v) is 12.2. The Morgan fingerprint density at radius 1 is 0.636 bits per heavy atom. The largest absolute Gasteiger partial charge is 0.527 e. The van der Waals surface area contributed by atoms with Crippen molar-refractivity contribution in [3.63, 3.8) is 0 Å². The van der Waals surface area contributed by atoms with Crippen molar-refractivity contribution in [2.75, 3.05) is 0 Å². The van der Waals surface area contributed by atoms with Crippen LogP contribution in [-0.4, -0.2) is 24.7 Å². The molecule has 0 unspecified atom stereocenters. The van der Waals surface area contributed by atoms with Crippen molar-refractivity contribution in [1.82, 2.24) is 0 Å². The number of hydrogen-bond acceptors (Lipinski definition) is 3. The maximum atomic E-state index is 15.0. The molecule has 0 aromatic heterocycles. The van der Waals surface area contributed by atoms with Crippen LogP contribution in [0.3, 0.4) is 0 Å². The number of alkyl halides is 9. The molecule has 0 spiro atoms. The van der Waals surface area contributed by atoms with Crippen molar-refractivity contribution >= 4 is 0 Å². The lowest BCUT2D eigenvalue weighted by Gasteiger charge is -2.39. The minimum absolute atomic E-state index is 0.129. The second kappa shape index (κ2) is 13.3. The van der Waals surface area contributed by atoms with Gasteiger partial charge < -0.3 is 9.47 Å². The van der Waals surface area contributed by atoms with E-state index in [9.17, 15) is 48.3 Å². The fourth-order valence-electron chi connectivity index (χ4n) is 6.93. The van der Waals surface area contributed by atoms with Crippen LogP contribution in [0.1, 0.15) is 82.6 Å². The third-order valence-electron chi connectivity index (χ3n) is 9.34. The minimum Gasteiger partial charge on any atom is -0.432 e. The average Bonchev–Trinajstić information content (AvgIpc) is 2.91. The van der Waals surface area contributed by atoms with E-state index in [4.69, 9.17) is 0 Å². The molecule has 1 aromatic carbocycles. The van der Waals surface area contributed by atoms with E-state index in [0.29, 0.717) is 30.6 Å². The van der Waals surface area contributed by atoms with Crippen molar-refractivity contribution in [2.24, 2.45) is 29.6 Å². The van der Waals surface area contributed by atoms with Crippen LogP contribution in [-0.2, 0) is 15.6 Å². The summed E-state index contributed by atoms with van der Waals surface area (Å²) in [6.45, 7) is 3.82. The number of rotatable bonds is 10. The molecule has 0 heterocycles. The molecule has 4 rings (SSSR count). The highest BCUT2D eigenvalue weighted by Crippen LogP contribution is 2.47. The molecule has 3 nitrogen and oxygen atoms in total. The zero-order valence-electron chi connectivity index (χ0n) is 23.8. The summed E-state index contributed by atoms with van der Waals surface area (Å²) >= 11 is 0. The molecular formula is C30H35F11O3. The van der Waals surface area contributed by atoms with E-state index in [0.717, 1.165) is 25.7 Å². The van der Waals surface area contributed by atoms with Crippen LogP contribution in [0.2, 0.25) is 0 Å². The van der Waals surface area contributed by atoms with Gasteiger partial charge in [0.25, 0.3) is 0 Å². The zero-order chi connectivity index (χ0) is 32.5. The molecule has 3 aliphatic rings. The Hall–Kier alpha value is -2.09. The van der Waals surface area contributed by atoms with Gasteiger partial charge >= 0.3 is 24.7 Å². The lowest BCUT2D eigenvalue weighted by molar-refractivity contribution is -0.439. The Balaban J connectivity index is 1.33. The highest BCUT2D eigenvalue weighted by Gasteiger charge is 2.52. The molecule has 0 amide bonds. The van der Waals surface area contributed by atoms with E-state index in [2.05, 4.69) is 20.8 Å². The summed E-state index contributed by atoms with van der Waals surface area (Å²) in [6, 6.07) is 0.387. The van der Waals surface area contributed by atoms with Gasteiger partial charge in [-0.2, -0.15) is 26.3 Å². The van der Waals surface area contributed by atoms with Gasteiger partial charge in [0, 0.05) is 12.1 Å². The first-order valence-corrected chi connectivity index (χ1v) is 14.8. The monoisotopic (exact) mass is 652 g/mol. The van der Waals surface area contributed by atoms with Gasteiger partial charge in [0.1, 0.15) is 22.9 Å². The zero-order valence-corrected chi connectivity index (χ0v) is 23.8.